The summed E-state index contributed by atoms with van der Waals surface area (Å²) in [6.45, 7) is 3.62. The van der Waals surface area contributed by atoms with Crippen molar-refractivity contribution in [3.8, 4) is 0 Å². The minimum Gasteiger partial charge on any atom is -0.480 e. The summed E-state index contributed by atoms with van der Waals surface area (Å²) in [6.07, 6.45) is 0.224. The van der Waals surface area contributed by atoms with Gasteiger partial charge in [-0.15, -0.1) is 0 Å². The number of rotatable bonds is 7. The fourth-order valence-corrected chi connectivity index (χ4v) is 3.10. The molecule has 0 radical (unpaired) electrons. The van der Waals surface area contributed by atoms with Crippen LogP contribution in [0.1, 0.15) is 20.3 Å². The molecule has 22 heavy (non-hydrogen) atoms. The van der Waals surface area contributed by atoms with E-state index < -0.39 is 33.5 Å². The van der Waals surface area contributed by atoms with E-state index >= 15 is 0 Å². The maximum absolute atomic E-state index is 12.1. The Morgan fingerprint density at radius 2 is 1.77 bits per heavy atom. The minimum atomic E-state index is -3.84. The smallest absolute Gasteiger partial charge is 0.326 e. The highest BCUT2D eigenvalue weighted by molar-refractivity contribution is 7.92. The molecule has 0 saturated carbocycles. The number of amides is 1. The van der Waals surface area contributed by atoms with Crippen LogP contribution in [-0.4, -0.2) is 37.2 Å². The number of sulfone groups is 1. The molecule has 0 heterocycles. The Kier molecular flexibility index (Phi) is 6.37. The predicted molar refractivity (Wildman–Crippen MR) is 82.5 cm³/mol. The minimum absolute atomic E-state index is 0.0391. The average molecular weight is 348 g/mol. The van der Waals surface area contributed by atoms with E-state index in [9.17, 15) is 18.0 Å². The quantitative estimate of drug-likeness (QED) is 0.782. The normalized spacial score (nSPS) is 12.9. The maximum atomic E-state index is 12.1. The highest BCUT2D eigenvalue weighted by Crippen LogP contribution is 2.15. The third-order valence-corrected chi connectivity index (χ3v) is 4.72. The first-order chi connectivity index (χ1) is 10.1. The highest BCUT2D eigenvalue weighted by Gasteiger charge is 2.25. The van der Waals surface area contributed by atoms with Crippen molar-refractivity contribution in [1.29, 1.82) is 0 Å². The number of hydrogen-bond acceptors (Lipinski definition) is 4. The zero-order valence-corrected chi connectivity index (χ0v) is 13.8. The van der Waals surface area contributed by atoms with Gasteiger partial charge in [-0.25, -0.2) is 13.2 Å². The fraction of sp³-hybridized carbons (Fsp3) is 0.429. The maximum Gasteiger partial charge on any atom is 0.326 e. The standard InChI is InChI=1S/C14H18ClNO5S/c1-9(2)7-12(14(18)19)16-13(17)8-22(20,21)11-5-3-10(15)4-6-11/h3-6,9,12H,7-8H2,1-2H3,(H,16,17)(H,18,19)/t12-/m1/s1. The average Bonchev–Trinajstić information content (AvgIpc) is 2.37. The van der Waals surface area contributed by atoms with Gasteiger partial charge < -0.3 is 10.4 Å². The van der Waals surface area contributed by atoms with E-state index in [-0.39, 0.29) is 17.2 Å². The molecule has 1 amide bonds. The summed E-state index contributed by atoms with van der Waals surface area (Å²) in [7, 11) is -3.84. The number of carboxylic acid groups (broad SMARTS) is 1. The number of carbonyl (C=O) groups is 2. The number of hydrogen-bond donors (Lipinski definition) is 2. The largest absolute Gasteiger partial charge is 0.480 e. The van der Waals surface area contributed by atoms with Crippen molar-refractivity contribution in [3.63, 3.8) is 0 Å². The molecule has 0 saturated heterocycles. The number of benzene rings is 1. The van der Waals surface area contributed by atoms with Crippen LogP contribution < -0.4 is 5.32 Å². The van der Waals surface area contributed by atoms with Crippen molar-refractivity contribution < 1.29 is 23.1 Å². The van der Waals surface area contributed by atoms with Gasteiger partial charge in [0.15, 0.2) is 9.84 Å². The second kappa shape index (κ2) is 7.60. The van der Waals surface area contributed by atoms with Gasteiger partial charge in [0.2, 0.25) is 5.91 Å². The van der Waals surface area contributed by atoms with Crippen LogP contribution in [-0.2, 0) is 19.4 Å². The molecule has 1 aromatic carbocycles. The van der Waals surface area contributed by atoms with Crippen LogP contribution in [0.15, 0.2) is 29.2 Å². The Morgan fingerprint density at radius 1 is 1.23 bits per heavy atom. The predicted octanol–water partition coefficient (Wildman–Crippen LogP) is 1.73. The molecule has 1 aromatic rings. The zero-order chi connectivity index (χ0) is 16.9. The van der Waals surface area contributed by atoms with Crippen LogP contribution in [0.4, 0.5) is 0 Å². The first kappa shape index (κ1) is 18.4. The lowest BCUT2D eigenvalue weighted by molar-refractivity contribution is -0.141. The van der Waals surface area contributed by atoms with Crippen molar-refractivity contribution >= 4 is 33.3 Å². The molecule has 0 aliphatic carbocycles. The van der Waals surface area contributed by atoms with Crippen molar-refractivity contribution in [2.75, 3.05) is 5.75 Å². The van der Waals surface area contributed by atoms with Crippen LogP contribution in [0.5, 0.6) is 0 Å². The van der Waals surface area contributed by atoms with Crippen molar-refractivity contribution in [2.45, 2.75) is 31.2 Å². The lowest BCUT2D eigenvalue weighted by Gasteiger charge is -2.16. The Labute approximate surface area is 134 Å². The van der Waals surface area contributed by atoms with Crippen LogP contribution in [0.2, 0.25) is 5.02 Å². The van der Waals surface area contributed by atoms with E-state index in [4.69, 9.17) is 16.7 Å². The van der Waals surface area contributed by atoms with E-state index in [1.165, 1.54) is 24.3 Å². The molecule has 2 N–H and O–H groups in total. The fourth-order valence-electron chi connectivity index (χ4n) is 1.83. The third-order valence-electron chi connectivity index (χ3n) is 2.83. The SMILES string of the molecule is CC(C)C[C@@H](NC(=O)CS(=O)(=O)c1ccc(Cl)cc1)C(=O)O. The summed E-state index contributed by atoms with van der Waals surface area (Å²) in [5.41, 5.74) is 0. The molecule has 0 aliphatic rings. The first-order valence-corrected chi connectivity index (χ1v) is 8.65. The van der Waals surface area contributed by atoms with Crippen LogP contribution in [0, 0.1) is 5.92 Å². The summed E-state index contributed by atoms with van der Waals surface area (Å²) in [6, 6.07) is 4.31. The summed E-state index contributed by atoms with van der Waals surface area (Å²) in [4.78, 5) is 22.8. The highest BCUT2D eigenvalue weighted by atomic mass is 35.5. The number of carboxylic acids is 1. The van der Waals surface area contributed by atoms with E-state index in [0.717, 1.165) is 0 Å². The molecule has 122 valence electrons. The van der Waals surface area contributed by atoms with Crippen molar-refractivity contribution in [3.05, 3.63) is 29.3 Å². The number of nitrogens with one attached hydrogen (secondary N) is 1. The van der Waals surface area contributed by atoms with Crippen LogP contribution in [0.3, 0.4) is 0 Å². The Hall–Kier alpha value is -1.60. The molecule has 1 atom stereocenters. The van der Waals surface area contributed by atoms with Gasteiger partial charge in [0.25, 0.3) is 0 Å². The molecular weight excluding hydrogens is 330 g/mol. The lowest BCUT2D eigenvalue weighted by atomic mass is 10.0. The van der Waals surface area contributed by atoms with Crippen molar-refractivity contribution in [1.82, 2.24) is 5.32 Å². The van der Waals surface area contributed by atoms with E-state index in [1.807, 2.05) is 13.8 Å². The van der Waals surface area contributed by atoms with Gasteiger partial charge in [-0.05, 0) is 36.6 Å². The first-order valence-electron chi connectivity index (χ1n) is 6.62. The molecular formula is C14H18ClNO5S. The third kappa shape index (κ3) is 5.65. The molecule has 6 nitrogen and oxygen atoms in total. The van der Waals surface area contributed by atoms with Gasteiger partial charge in [0, 0.05) is 5.02 Å². The zero-order valence-electron chi connectivity index (χ0n) is 12.2. The molecule has 0 fully saturated rings. The lowest BCUT2D eigenvalue weighted by Crippen LogP contribution is -2.44. The Bertz CT molecular complexity index is 640. The summed E-state index contributed by atoms with van der Waals surface area (Å²) < 4.78 is 24.2. The second-order valence-corrected chi connectivity index (χ2v) is 7.73. The second-order valence-electron chi connectivity index (χ2n) is 5.30. The Morgan fingerprint density at radius 3 is 2.23 bits per heavy atom. The summed E-state index contributed by atoms with van der Waals surface area (Å²) >= 11 is 5.68. The molecule has 0 aromatic heterocycles. The summed E-state index contributed by atoms with van der Waals surface area (Å²) in [5, 5.41) is 11.7. The number of aliphatic carboxylic acids is 1. The van der Waals surface area contributed by atoms with Gasteiger partial charge in [-0.3, -0.25) is 4.79 Å². The molecule has 0 spiro atoms. The van der Waals surface area contributed by atoms with E-state index in [1.54, 1.807) is 0 Å². The monoisotopic (exact) mass is 347 g/mol. The molecule has 1 rings (SSSR count). The van der Waals surface area contributed by atoms with E-state index in [0.29, 0.717) is 5.02 Å². The van der Waals surface area contributed by atoms with Crippen LogP contribution in [0.25, 0.3) is 0 Å². The van der Waals surface area contributed by atoms with Gasteiger partial charge in [0.05, 0.1) is 4.90 Å². The molecule has 0 aliphatic heterocycles. The van der Waals surface area contributed by atoms with E-state index in [2.05, 4.69) is 5.32 Å². The van der Waals surface area contributed by atoms with Gasteiger partial charge in [0.1, 0.15) is 11.8 Å². The Balaban J connectivity index is 2.78. The topological polar surface area (TPSA) is 101 Å². The molecule has 0 bridgehead atoms. The molecule has 8 heteroatoms. The van der Waals surface area contributed by atoms with Crippen LogP contribution >= 0.6 is 11.6 Å². The van der Waals surface area contributed by atoms with Gasteiger partial charge in [-0.2, -0.15) is 0 Å². The number of halogens is 1. The number of carbonyl (C=O) groups excluding carboxylic acids is 1. The van der Waals surface area contributed by atoms with Gasteiger partial charge in [-0.1, -0.05) is 25.4 Å². The van der Waals surface area contributed by atoms with Crippen molar-refractivity contribution in [2.24, 2.45) is 5.92 Å². The molecule has 0 unspecified atom stereocenters. The van der Waals surface area contributed by atoms with Gasteiger partial charge >= 0.3 is 5.97 Å². The summed E-state index contributed by atoms with van der Waals surface area (Å²) in [5.74, 6) is -2.79.